The predicted molar refractivity (Wildman–Crippen MR) is 85.7 cm³/mol. The molecule has 2 heterocycles. The summed E-state index contributed by atoms with van der Waals surface area (Å²) < 4.78 is 5.36. The zero-order chi connectivity index (χ0) is 14.5. The van der Waals surface area contributed by atoms with Gasteiger partial charge in [0.2, 0.25) is 0 Å². The Hall–Kier alpha value is -2.40. The molecule has 1 N–H and O–H groups in total. The summed E-state index contributed by atoms with van der Waals surface area (Å²) in [6.07, 6.45) is 1.76. The Morgan fingerprint density at radius 1 is 1.14 bits per heavy atom. The molecule has 0 fully saturated rings. The molecule has 2 aromatic heterocycles. The van der Waals surface area contributed by atoms with Crippen molar-refractivity contribution in [3.8, 4) is 17.1 Å². The maximum absolute atomic E-state index is 5.36. The summed E-state index contributed by atoms with van der Waals surface area (Å²) in [4.78, 5) is 10.2. The van der Waals surface area contributed by atoms with Crippen molar-refractivity contribution in [3.63, 3.8) is 0 Å². The van der Waals surface area contributed by atoms with Crippen LogP contribution in [0.2, 0.25) is 0 Å². The van der Waals surface area contributed by atoms with Gasteiger partial charge in [0, 0.05) is 11.1 Å². The summed E-state index contributed by atoms with van der Waals surface area (Å²) >= 11 is 1.72. The van der Waals surface area contributed by atoms with Crippen LogP contribution in [0.1, 0.15) is 4.88 Å². The molecule has 0 saturated heterocycles. The van der Waals surface area contributed by atoms with E-state index in [2.05, 4.69) is 26.7 Å². The second kappa shape index (κ2) is 6.37. The van der Waals surface area contributed by atoms with Crippen LogP contribution in [0.25, 0.3) is 11.4 Å². The summed E-state index contributed by atoms with van der Waals surface area (Å²) in [6, 6.07) is 13.8. The SMILES string of the molecule is COc1ccccc1-c1nccc(NCc2cccs2)n1. The van der Waals surface area contributed by atoms with Gasteiger partial charge in [-0.2, -0.15) is 0 Å². The molecular formula is C16H15N3OS. The first-order valence-corrected chi connectivity index (χ1v) is 7.47. The molecule has 0 aliphatic carbocycles. The minimum Gasteiger partial charge on any atom is -0.496 e. The van der Waals surface area contributed by atoms with Crippen molar-refractivity contribution in [2.75, 3.05) is 12.4 Å². The van der Waals surface area contributed by atoms with Crippen molar-refractivity contribution < 1.29 is 4.74 Å². The molecule has 3 rings (SSSR count). The molecule has 0 saturated carbocycles. The van der Waals surface area contributed by atoms with Crippen LogP contribution in [0.3, 0.4) is 0 Å². The average Bonchev–Trinajstić information content (AvgIpc) is 3.06. The van der Waals surface area contributed by atoms with E-state index in [0.717, 1.165) is 23.7 Å². The number of para-hydroxylation sites is 1. The molecule has 0 spiro atoms. The van der Waals surface area contributed by atoms with Crippen LogP contribution < -0.4 is 10.1 Å². The first-order chi connectivity index (χ1) is 10.4. The van der Waals surface area contributed by atoms with E-state index in [0.29, 0.717) is 5.82 Å². The molecule has 4 nitrogen and oxygen atoms in total. The van der Waals surface area contributed by atoms with E-state index in [4.69, 9.17) is 4.74 Å². The molecule has 5 heteroatoms. The van der Waals surface area contributed by atoms with Crippen LogP contribution in [0, 0.1) is 0 Å². The van der Waals surface area contributed by atoms with E-state index in [1.54, 1.807) is 24.6 Å². The van der Waals surface area contributed by atoms with Crippen molar-refractivity contribution in [3.05, 3.63) is 58.9 Å². The lowest BCUT2D eigenvalue weighted by Crippen LogP contribution is -2.01. The van der Waals surface area contributed by atoms with E-state index >= 15 is 0 Å². The van der Waals surface area contributed by atoms with Crippen molar-refractivity contribution in [2.24, 2.45) is 0 Å². The Kier molecular flexibility index (Phi) is 4.12. The fourth-order valence-electron chi connectivity index (χ4n) is 2.01. The molecule has 3 aromatic rings. The Labute approximate surface area is 127 Å². The highest BCUT2D eigenvalue weighted by atomic mass is 32.1. The van der Waals surface area contributed by atoms with Gasteiger partial charge in [-0.15, -0.1) is 11.3 Å². The van der Waals surface area contributed by atoms with Gasteiger partial charge in [-0.05, 0) is 29.6 Å². The molecule has 0 amide bonds. The number of nitrogens with one attached hydrogen (secondary N) is 1. The maximum atomic E-state index is 5.36. The van der Waals surface area contributed by atoms with Crippen LogP contribution in [-0.2, 0) is 6.54 Å². The van der Waals surface area contributed by atoms with Gasteiger partial charge in [-0.25, -0.2) is 9.97 Å². The summed E-state index contributed by atoms with van der Waals surface area (Å²) in [5, 5.41) is 5.38. The van der Waals surface area contributed by atoms with Gasteiger partial charge < -0.3 is 10.1 Å². The number of anilines is 1. The highest BCUT2D eigenvalue weighted by Crippen LogP contribution is 2.27. The number of ether oxygens (including phenoxy) is 1. The number of hydrogen-bond acceptors (Lipinski definition) is 5. The zero-order valence-corrected chi connectivity index (χ0v) is 12.4. The van der Waals surface area contributed by atoms with E-state index in [9.17, 15) is 0 Å². The second-order valence-electron chi connectivity index (χ2n) is 4.40. The maximum Gasteiger partial charge on any atom is 0.165 e. The minimum atomic E-state index is 0.656. The lowest BCUT2D eigenvalue weighted by molar-refractivity contribution is 0.416. The molecular weight excluding hydrogens is 282 g/mol. The van der Waals surface area contributed by atoms with E-state index in [1.165, 1.54) is 4.88 Å². The van der Waals surface area contributed by atoms with Crippen LogP contribution in [0.4, 0.5) is 5.82 Å². The van der Waals surface area contributed by atoms with Gasteiger partial charge in [0.25, 0.3) is 0 Å². The van der Waals surface area contributed by atoms with Crippen molar-refractivity contribution in [1.29, 1.82) is 0 Å². The van der Waals surface area contributed by atoms with Gasteiger partial charge in [-0.1, -0.05) is 18.2 Å². The Balaban J connectivity index is 1.82. The zero-order valence-electron chi connectivity index (χ0n) is 11.6. The number of rotatable bonds is 5. The summed E-state index contributed by atoms with van der Waals surface area (Å²) in [7, 11) is 1.65. The summed E-state index contributed by atoms with van der Waals surface area (Å²) in [5.41, 5.74) is 0.889. The number of aromatic nitrogens is 2. The number of benzene rings is 1. The normalized spacial score (nSPS) is 10.3. The van der Waals surface area contributed by atoms with E-state index in [1.807, 2.05) is 36.4 Å². The molecule has 0 atom stereocenters. The quantitative estimate of drug-likeness (QED) is 0.777. The molecule has 0 bridgehead atoms. The van der Waals surface area contributed by atoms with Crippen LogP contribution >= 0.6 is 11.3 Å². The molecule has 0 radical (unpaired) electrons. The molecule has 0 unspecified atom stereocenters. The number of thiophene rings is 1. The van der Waals surface area contributed by atoms with E-state index in [-0.39, 0.29) is 0 Å². The lowest BCUT2D eigenvalue weighted by atomic mass is 10.2. The monoisotopic (exact) mass is 297 g/mol. The standard InChI is InChI=1S/C16H15N3OS/c1-20-14-7-3-2-6-13(14)16-17-9-8-15(19-16)18-11-12-5-4-10-21-12/h2-10H,11H2,1H3,(H,17,18,19). The largest absolute Gasteiger partial charge is 0.496 e. The fourth-order valence-corrected chi connectivity index (χ4v) is 2.65. The van der Waals surface area contributed by atoms with Gasteiger partial charge >= 0.3 is 0 Å². The lowest BCUT2D eigenvalue weighted by Gasteiger charge is -2.09. The number of nitrogens with zero attached hydrogens (tertiary/aromatic N) is 2. The third-order valence-corrected chi connectivity index (χ3v) is 3.90. The van der Waals surface area contributed by atoms with Gasteiger partial charge in [-0.3, -0.25) is 0 Å². The summed E-state index contributed by atoms with van der Waals surface area (Å²) in [6.45, 7) is 0.764. The molecule has 106 valence electrons. The highest BCUT2D eigenvalue weighted by Gasteiger charge is 2.08. The van der Waals surface area contributed by atoms with E-state index < -0.39 is 0 Å². The molecule has 21 heavy (non-hydrogen) atoms. The van der Waals surface area contributed by atoms with Gasteiger partial charge in [0.1, 0.15) is 11.6 Å². The van der Waals surface area contributed by atoms with Crippen molar-refractivity contribution in [1.82, 2.24) is 9.97 Å². The Morgan fingerprint density at radius 3 is 2.86 bits per heavy atom. The Morgan fingerprint density at radius 2 is 2.05 bits per heavy atom. The smallest absolute Gasteiger partial charge is 0.165 e. The topological polar surface area (TPSA) is 47.0 Å². The first-order valence-electron chi connectivity index (χ1n) is 6.59. The van der Waals surface area contributed by atoms with Crippen LogP contribution in [0.5, 0.6) is 5.75 Å². The van der Waals surface area contributed by atoms with Crippen molar-refractivity contribution >= 4 is 17.2 Å². The van der Waals surface area contributed by atoms with Crippen LogP contribution in [0.15, 0.2) is 54.0 Å². The highest BCUT2D eigenvalue weighted by molar-refractivity contribution is 7.09. The van der Waals surface area contributed by atoms with Crippen LogP contribution in [-0.4, -0.2) is 17.1 Å². The number of methoxy groups -OCH3 is 1. The first kappa shape index (κ1) is 13.6. The summed E-state index contributed by atoms with van der Waals surface area (Å²) in [5.74, 6) is 2.23. The number of hydrogen-bond donors (Lipinski definition) is 1. The van der Waals surface area contributed by atoms with Crippen molar-refractivity contribution in [2.45, 2.75) is 6.54 Å². The van der Waals surface area contributed by atoms with Gasteiger partial charge in [0.05, 0.1) is 19.2 Å². The predicted octanol–water partition coefficient (Wildman–Crippen LogP) is 3.83. The minimum absolute atomic E-state index is 0.656. The third kappa shape index (κ3) is 3.20. The van der Waals surface area contributed by atoms with Gasteiger partial charge in [0.15, 0.2) is 5.82 Å². The fraction of sp³-hybridized carbons (Fsp3) is 0.125. The molecule has 0 aliphatic heterocycles. The Bertz CT molecular complexity index is 713. The third-order valence-electron chi connectivity index (χ3n) is 3.03. The molecule has 0 aliphatic rings. The average molecular weight is 297 g/mol. The second-order valence-corrected chi connectivity index (χ2v) is 5.43. The molecule has 1 aromatic carbocycles.